The van der Waals surface area contributed by atoms with E-state index < -0.39 is 0 Å². The second kappa shape index (κ2) is 9.60. The van der Waals surface area contributed by atoms with Gasteiger partial charge < -0.3 is 10.3 Å². The van der Waals surface area contributed by atoms with E-state index in [2.05, 4.69) is 28.7 Å². The molecule has 31 heavy (non-hydrogen) atoms. The Morgan fingerprint density at radius 3 is 2.55 bits per heavy atom. The molecule has 2 aromatic heterocycles. The fourth-order valence-corrected chi connectivity index (χ4v) is 4.85. The van der Waals surface area contributed by atoms with Crippen molar-refractivity contribution in [1.29, 1.82) is 0 Å². The average molecular weight is 420 g/mol. The Morgan fingerprint density at radius 2 is 1.77 bits per heavy atom. The summed E-state index contributed by atoms with van der Waals surface area (Å²) in [6.45, 7) is 6.55. The quantitative estimate of drug-likeness (QED) is 0.572. The van der Waals surface area contributed by atoms with Gasteiger partial charge in [0.1, 0.15) is 11.5 Å². The molecule has 0 amide bonds. The summed E-state index contributed by atoms with van der Waals surface area (Å²) in [6, 6.07) is 12.7. The smallest absolute Gasteiger partial charge is 0.277 e. The molecular formula is C25H33N5O. The summed E-state index contributed by atoms with van der Waals surface area (Å²) >= 11 is 0. The van der Waals surface area contributed by atoms with Crippen molar-refractivity contribution in [3.05, 3.63) is 52.9 Å². The Morgan fingerprint density at radius 1 is 1.03 bits per heavy atom. The molecule has 0 radical (unpaired) electrons. The molecule has 0 spiro atoms. The van der Waals surface area contributed by atoms with Crippen molar-refractivity contribution in [2.45, 2.75) is 71.0 Å². The molecule has 0 bridgehead atoms. The molecule has 3 aromatic rings. The van der Waals surface area contributed by atoms with Crippen LogP contribution >= 0.6 is 0 Å². The lowest BCUT2D eigenvalue weighted by molar-refractivity contribution is 0.101. The lowest BCUT2D eigenvalue weighted by atomic mass is 9.97. The number of anilines is 1. The topological polar surface area (TPSA) is 77.0 Å². The molecule has 164 valence electrons. The van der Waals surface area contributed by atoms with Gasteiger partial charge in [0.15, 0.2) is 0 Å². The molecule has 4 rings (SSSR count). The first-order chi connectivity index (χ1) is 15.0. The number of piperidine rings is 1. The van der Waals surface area contributed by atoms with Gasteiger partial charge in [0.05, 0.1) is 11.0 Å². The SMILES string of the molecule is C[C@@H]1CCC[C@H](C)N1CCCCCn1c(=O)c(-c2ccnc(N)c2)nc2ccccc21. The minimum atomic E-state index is -0.0671. The maximum atomic E-state index is 13.3. The summed E-state index contributed by atoms with van der Waals surface area (Å²) in [4.78, 5) is 24.7. The third kappa shape index (κ3) is 4.79. The second-order valence-corrected chi connectivity index (χ2v) is 8.80. The monoisotopic (exact) mass is 419 g/mol. The van der Waals surface area contributed by atoms with Crippen LogP contribution in [0, 0.1) is 0 Å². The third-order valence-electron chi connectivity index (χ3n) is 6.58. The van der Waals surface area contributed by atoms with Crippen LogP contribution in [0.15, 0.2) is 47.4 Å². The summed E-state index contributed by atoms with van der Waals surface area (Å²) in [6.07, 6.45) is 8.84. The number of hydrogen-bond donors (Lipinski definition) is 1. The van der Waals surface area contributed by atoms with Crippen LogP contribution in [0.25, 0.3) is 22.3 Å². The molecule has 1 aliphatic rings. The largest absolute Gasteiger partial charge is 0.384 e. The first kappa shape index (κ1) is 21.5. The molecule has 2 atom stereocenters. The molecule has 3 heterocycles. The molecule has 1 aliphatic heterocycles. The highest BCUT2D eigenvalue weighted by Gasteiger charge is 2.23. The van der Waals surface area contributed by atoms with Crippen molar-refractivity contribution in [1.82, 2.24) is 19.4 Å². The van der Waals surface area contributed by atoms with E-state index in [-0.39, 0.29) is 5.56 Å². The van der Waals surface area contributed by atoms with Crippen molar-refractivity contribution in [2.75, 3.05) is 12.3 Å². The van der Waals surface area contributed by atoms with E-state index in [0.717, 1.165) is 30.4 Å². The van der Waals surface area contributed by atoms with E-state index in [1.54, 1.807) is 18.3 Å². The number of likely N-dealkylation sites (tertiary alicyclic amines) is 1. The van der Waals surface area contributed by atoms with Crippen molar-refractivity contribution in [3.8, 4) is 11.3 Å². The zero-order chi connectivity index (χ0) is 21.8. The van der Waals surface area contributed by atoms with Gasteiger partial charge in [-0.1, -0.05) is 25.0 Å². The van der Waals surface area contributed by atoms with Crippen LogP contribution in [-0.4, -0.2) is 38.1 Å². The minimum absolute atomic E-state index is 0.0671. The van der Waals surface area contributed by atoms with E-state index in [4.69, 9.17) is 5.73 Å². The van der Waals surface area contributed by atoms with Crippen molar-refractivity contribution in [2.24, 2.45) is 0 Å². The number of nitrogens with two attached hydrogens (primary N) is 1. The number of nitrogens with zero attached hydrogens (tertiary/aromatic N) is 4. The zero-order valence-electron chi connectivity index (χ0n) is 18.6. The Bertz CT molecular complexity index is 1080. The predicted octanol–water partition coefficient (Wildman–Crippen LogP) is 4.47. The molecule has 1 fully saturated rings. The van der Waals surface area contributed by atoms with Crippen molar-refractivity contribution >= 4 is 16.9 Å². The number of hydrogen-bond acceptors (Lipinski definition) is 5. The lowest BCUT2D eigenvalue weighted by Gasteiger charge is -2.39. The van der Waals surface area contributed by atoms with Crippen molar-refractivity contribution in [3.63, 3.8) is 0 Å². The first-order valence-corrected chi connectivity index (χ1v) is 11.5. The summed E-state index contributed by atoms with van der Waals surface area (Å²) in [5.74, 6) is 0.388. The minimum Gasteiger partial charge on any atom is -0.384 e. The number of para-hydroxylation sites is 2. The fraction of sp³-hybridized carbons (Fsp3) is 0.480. The third-order valence-corrected chi connectivity index (χ3v) is 6.58. The van der Waals surface area contributed by atoms with Crippen LogP contribution in [0.1, 0.15) is 52.4 Å². The van der Waals surface area contributed by atoms with Crippen LogP contribution in [0.4, 0.5) is 5.82 Å². The van der Waals surface area contributed by atoms with Gasteiger partial charge in [-0.3, -0.25) is 9.69 Å². The normalized spacial score (nSPS) is 19.7. The van der Waals surface area contributed by atoms with Gasteiger partial charge >= 0.3 is 0 Å². The van der Waals surface area contributed by atoms with Gasteiger partial charge in [-0.15, -0.1) is 0 Å². The molecule has 0 unspecified atom stereocenters. The van der Waals surface area contributed by atoms with E-state index in [1.807, 2.05) is 28.8 Å². The standard InChI is InChI=1S/C25H33N5O/c1-18-9-8-10-19(2)29(18)15-6-3-7-16-30-22-12-5-4-11-21(22)28-24(25(30)31)20-13-14-27-23(26)17-20/h4-5,11-14,17-19H,3,6-10,15-16H2,1-2H3,(H2,26,27)/t18-,19+. The van der Waals surface area contributed by atoms with Gasteiger partial charge in [-0.2, -0.15) is 0 Å². The highest BCUT2D eigenvalue weighted by molar-refractivity contribution is 5.78. The van der Waals surface area contributed by atoms with Crippen LogP contribution in [0.3, 0.4) is 0 Å². The number of nitrogen functional groups attached to an aromatic ring is 1. The molecule has 2 N–H and O–H groups in total. The Hall–Kier alpha value is -2.73. The van der Waals surface area contributed by atoms with Crippen LogP contribution in [0.2, 0.25) is 0 Å². The Labute approximate surface area is 184 Å². The molecule has 6 heteroatoms. The molecule has 1 saturated heterocycles. The summed E-state index contributed by atoms with van der Waals surface area (Å²) < 4.78 is 1.88. The molecule has 1 aromatic carbocycles. The molecule has 0 aliphatic carbocycles. The van der Waals surface area contributed by atoms with E-state index in [9.17, 15) is 4.79 Å². The van der Waals surface area contributed by atoms with E-state index in [1.165, 1.54) is 25.7 Å². The second-order valence-electron chi connectivity index (χ2n) is 8.80. The van der Waals surface area contributed by atoms with Crippen molar-refractivity contribution < 1.29 is 0 Å². The van der Waals surface area contributed by atoms with E-state index in [0.29, 0.717) is 35.7 Å². The molecule has 0 saturated carbocycles. The summed E-state index contributed by atoms with van der Waals surface area (Å²) in [7, 11) is 0. The fourth-order valence-electron chi connectivity index (χ4n) is 4.85. The van der Waals surface area contributed by atoms with Crippen LogP contribution in [-0.2, 0) is 6.54 Å². The van der Waals surface area contributed by atoms with Gasteiger partial charge in [-0.05, 0) is 70.3 Å². The molecular weight excluding hydrogens is 386 g/mol. The number of fused-ring (bicyclic) bond motifs is 1. The number of benzene rings is 1. The van der Waals surface area contributed by atoms with Gasteiger partial charge in [0, 0.05) is 30.4 Å². The highest BCUT2D eigenvalue weighted by atomic mass is 16.1. The number of aryl methyl sites for hydroxylation is 1. The van der Waals surface area contributed by atoms with Gasteiger partial charge in [0.25, 0.3) is 5.56 Å². The maximum Gasteiger partial charge on any atom is 0.277 e. The Balaban J connectivity index is 1.49. The lowest BCUT2D eigenvalue weighted by Crippen LogP contribution is -2.44. The maximum absolute atomic E-state index is 13.3. The number of aromatic nitrogens is 3. The summed E-state index contributed by atoms with van der Waals surface area (Å²) in [5.41, 5.74) is 8.63. The average Bonchev–Trinajstić information content (AvgIpc) is 2.76. The van der Waals surface area contributed by atoms with Crippen LogP contribution in [0.5, 0.6) is 0 Å². The zero-order valence-corrected chi connectivity index (χ0v) is 18.6. The molecule has 6 nitrogen and oxygen atoms in total. The number of rotatable bonds is 7. The first-order valence-electron chi connectivity index (χ1n) is 11.5. The summed E-state index contributed by atoms with van der Waals surface area (Å²) in [5, 5.41) is 0. The van der Waals surface area contributed by atoms with Crippen LogP contribution < -0.4 is 11.3 Å². The highest BCUT2D eigenvalue weighted by Crippen LogP contribution is 2.23. The number of pyridine rings is 1. The van der Waals surface area contributed by atoms with Gasteiger partial charge in [-0.25, -0.2) is 9.97 Å². The predicted molar refractivity (Wildman–Crippen MR) is 127 cm³/mol. The van der Waals surface area contributed by atoms with E-state index >= 15 is 0 Å². The Kier molecular flexibility index (Phi) is 6.66. The number of unbranched alkanes of at least 4 members (excludes halogenated alkanes) is 2. The van der Waals surface area contributed by atoms with Gasteiger partial charge in [0.2, 0.25) is 0 Å².